The Morgan fingerprint density at radius 3 is 2.83 bits per heavy atom. The summed E-state index contributed by atoms with van der Waals surface area (Å²) in [6, 6.07) is 6.98. The molecule has 1 heterocycles. The van der Waals surface area contributed by atoms with Crippen molar-refractivity contribution >= 4 is 5.69 Å². The molecule has 1 aliphatic heterocycles. The third-order valence-corrected chi connectivity index (χ3v) is 4.43. The molecular weight excluding hydrogens is 224 g/mol. The Kier molecular flexibility index (Phi) is 3.27. The summed E-state index contributed by atoms with van der Waals surface area (Å²) in [5.41, 5.74) is 9.75. The van der Waals surface area contributed by atoms with E-state index in [4.69, 9.17) is 10.8 Å². The summed E-state index contributed by atoms with van der Waals surface area (Å²) < 4.78 is 0. The van der Waals surface area contributed by atoms with E-state index in [0.717, 1.165) is 24.6 Å². The highest BCUT2D eigenvalue weighted by Gasteiger charge is 2.28. The molecule has 1 aromatic rings. The van der Waals surface area contributed by atoms with Crippen molar-refractivity contribution in [2.75, 3.05) is 18.1 Å². The lowest BCUT2D eigenvalue weighted by atomic mass is 10.0. The van der Waals surface area contributed by atoms with Crippen molar-refractivity contribution in [2.45, 2.75) is 44.2 Å². The fourth-order valence-electron chi connectivity index (χ4n) is 3.38. The van der Waals surface area contributed by atoms with Crippen molar-refractivity contribution in [2.24, 2.45) is 5.73 Å². The van der Waals surface area contributed by atoms with Gasteiger partial charge in [-0.2, -0.15) is 0 Å². The van der Waals surface area contributed by atoms with Gasteiger partial charge in [0.1, 0.15) is 0 Å². The average Bonchev–Trinajstić information content (AvgIpc) is 3.05. The Bertz CT molecular complexity index is 427. The SMILES string of the molecule is N[C@@H](CO)c1ccc2c(c1)CCN2C1CCCC1. The minimum Gasteiger partial charge on any atom is -0.394 e. The molecule has 1 saturated carbocycles. The van der Waals surface area contributed by atoms with E-state index in [9.17, 15) is 0 Å². The lowest BCUT2D eigenvalue weighted by Gasteiger charge is -2.27. The first kappa shape index (κ1) is 12.0. The summed E-state index contributed by atoms with van der Waals surface area (Å²) in [5, 5.41) is 9.13. The van der Waals surface area contributed by atoms with E-state index in [1.54, 1.807) is 0 Å². The first-order valence-corrected chi connectivity index (χ1v) is 7.05. The molecule has 1 fully saturated rings. The number of aliphatic hydroxyl groups excluding tert-OH is 1. The zero-order chi connectivity index (χ0) is 12.5. The van der Waals surface area contributed by atoms with Gasteiger partial charge in [0.05, 0.1) is 12.6 Å². The van der Waals surface area contributed by atoms with Gasteiger partial charge in [0.2, 0.25) is 0 Å². The molecule has 3 nitrogen and oxygen atoms in total. The molecular formula is C15H22N2O. The van der Waals surface area contributed by atoms with E-state index in [1.165, 1.54) is 36.9 Å². The van der Waals surface area contributed by atoms with Crippen molar-refractivity contribution in [3.8, 4) is 0 Å². The highest BCUT2D eigenvalue weighted by Crippen LogP contribution is 2.36. The van der Waals surface area contributed by atoms with Crippen LogP contribution < -0.4 is 10.6 Å². The third-order valence-electron chi connectivity index (χ3n) is 4.43. The summed E-state index contributed by atoms with van der Waals surface area (Å²) in [5.74, 6) is 0. The molecule has 1 aliphatic carbocycles. The Balaban J connectivity index is 1.84. The average molecular weight is 246 g/mol. The summed E-state index contributed by atoms with van der Waals surface area (Å²) in [6.45, 7) is 1.17. The van der Waals surface area contributed by atoms with Crippen LogP contribution in [0, 0.1) is 0 Å². The molecule has 0 spiro atoms. The largest absolute Gasteiger partial charge is 0.394 e. The van der Waals surface area contributed by atoms with Gasteiger partial charge in [-0.15, -0.1) is 0 Å². The maximum absolute atomic E-state index is 9.13. The van der Waals surface area contributed by atoms with Crippen molar-refractivity contribution in [1.82, 2.24) is 0 Å². The Hall–Kier alpha value is -1.06. The summed E-state index contributed by atoms with van der Waals surface area (Å²) in [4.78, 5) is 2.58. The Labute approximate surface area is 109 Å². The van der Waals surface area contributed by atoms with Gasteiger partial charge in [-0.3, -0.25) is 0 Å². The first-order chi connectivity index (χ1) is 8.79. The van der Waals surface area contributed by atoms with Crippen LogP contribution in [-0.4, -0.2) is 24.3 Å². The quantitative estimate of drug-likeness (QED) is 0.857. The zero-order valence-electron chi connectivity index (χ0n) is 10.8. The van der Waals surface area contributed by atoms with Gasteiger partial charge in [0, 0.05) is 18.3 Å². The summed E-state index contributed by atoms with van der Waals surface area (Å²) >= 11 is 0. The number of fused-ring (bicyclic) bond motifs is 1. The highest BCUT2D eigenvalue weighted by molar-refractivity contribution is 5.60. The molecule has 0 radical (unpaired) electrons. The monoisotopic (exact) mass is 246 g/mol. The molecule has 18 heavy (non-hydrogen) atoms. The lowest BCUT2D eigenvalue weighted by molar-refractivity contribution is 0.268. The lowest BCUT2D eigenvalue weighted by Crippen LogP contribution is -2.31. The van der Waals surface area contributed by atoms with Gasteiger partial charge in [0.15, 0.2) is 0 Å². The van der Waals surface area contributed by atoms with Crippen LogP contribution in [0.3, 0.4) is 0 Å². The molecule has 3 N–H and O–H groups in total. The normalized spacial score (nSPS) is 21.3. The number of anilines is 1. The third kappa shape index (κ3) is 2.02. The molecule has 0 saturated heterocycles. The van der Waals surface area contributed by atoms with E-state index in [2.05, 4.69) is 23.1 Å². The van der Waals surface area contributed by atoms with E-state index in [-0.39, 0.29) is 12.6 Å². The second-order valence-electron chi connectivity index (χ2n) is 5.56. The predicted molar refractivity (Wildman–Crippen MR) is 73.8 cm³/mol. The molecule has 1 atom stereocenters. The maximum Gasteiger partial charge on any atom is 0.0624 e. The number of rotatable bonds is 3. The second-order valence-corrected chi connectivity index (χ2v) is 5.56. The van der Waals surface area contributed by atoms with E-state index < -0.39 is 0 Å². The number of nitrogens with two attached hydrogens (primary N) is 1. The minimum atomic E-state index is -0.240. The van der Waals surface area contributed by atoms with Crippen LogP contribution >= 0.6 is 0 Å². The van der Waals surface area contributed by atoms with Gasteiger partial charge >= 0.3 is 0 Å². The summed E-state index contributed by atoms with van der Waals surface area (Å²) in [6.07, 6.45) is 6.57. The molecule has 0 amide bonds. The van der Waals surface area contributed by atoms with Crippen molar-refractivity contribution in [3.63, 3.8) is 0 Å². The fourth-order valence-corrected chi connectivity index (χ4v) is 3.38. The molecule has 0 aromatic heterocycles. The standard InChI is InChI=1S/C15H22N2O/c16-14(10-18)11-5-6-15-12(9-11)7-8-17(15)13-3-1-2-4-13/h5-6,9,13-14,18H,1-4,7-8,10,16H2/t14-/m0/s1. The smallest absolute Gasteiger partial charge is 0.0624 e. The fraction of sp³-hybridized carbons (Fsp3) is 0.600. The van der Waals surface area contributed by atoms with Gasteiger partial charge in [-0.25, -0.2) is 0 Å². The number of benzene rings is 1. The first-order valence-electron chi connectivity index (χ1n) is 7.05. The topological polar surface area (TPSA) is 49.5 Å². The van der Waals surface area contributed by atoms with Crippen LogP contribution in [0.1, 0.15) is 42.9 Å². The van der Waals surface area contributed by atoms with Crippen LogP contribution in [0.15, 0.2) is 18.2 Å². The van der Waals surface area contributed by atoms with E-state index >= 15 is 0 Å². The molecule has 2 aliphatic rings. The number of hydrogen-bond acceptors (Lipinski definition) is 3. The second kappa shape index (κ2) is 4.90. The van der Waals surface area contributed by atoms with Crippen molar-refractivity contribution in [1.29, 1.82) is 0 Å². The van der Waals surface area contributed by atoms with Gasteiger partial charge in [-0.05, 0) is 36.5 Å². The minimum absolute atomic E-state index is 0.0190. The van der Waals surface area contributed by atoms with E-state index in [1.807, 2.05) is 0 Å². The zero-order valence-corrected chi connectivity index (χ0v) is 10.8. The Morgan fingerprint density at radius 2 is 2.11 bits per heavy atom. The van der Waals surface area contributed by atoms with Gasteiger partial charge < -0.3 is 15.7 Å². The molecule has 3 rings (SSSR count). The molecule has 1 aromatic carbocycles. The molecule has 0 bridgehead atoms. The predicted octanol–water partition coefficient (Wildman–Crippen LogP) is 1.98. The van der Waals surface area contributed by atoms with Gasteiger partial charge in [0.25, 0.3) is 0 Å². The van der Waals surface area contributed by atoms with Crippen molar-refractivity contribution < 1.29 is 5.11 Å². The summed E-state index contributed by atoms with van der Waals surface area (Å²) in [7, 11) is 0. The highest BCUT2D eigenvalue weighted by atomic mass is 16.3. The molecule has 98 valence electrons. The van der Waals surface area contributed by atoms with Crippen LogP contribution in [0.2, 0.25) is 0 Å². The number of hydrogen-bond donors (Lipinski definition) is 2. The maximum atomic E-state index is 9.13. The Morgan fingerprint density at radius 1 is 1.33 bits per heavy atom. The molecule has 3 heteroatoms. The van der Waals surface area contributed by atoms with Crippen molar-refractivity contribution in [3.05, 3.63) is 29.3 Å². The molecule has 0 unspecified atom stereocenters. The number of aliphatic hydroxyl groups is 1. The van der Waals surface area contributed by atoms with E-state index in [0.29, 0.717) is 0 Å². The van der Waals surface area contributed by atoms with Crippen LogP contribution in [-0.2, 0) is 6.42 Å². The number of nitrogens with zero attached hydrogens (tertiary/aromatic N) is 1. The van der Waals surface area contributed by atoms with Crippen LogP contribution in [0.5, 0.6) is 0 Å². The van der Waals surface area contributed by atoms with Crippen LogP contribution in [0.4, 0.5) is 5.69 Å². The van der Waals surface area contributed by atoms with Gasteiger partial charge in [-0.1, -0.05) is 25.0 Å². The van der Waals surface area contributed by atoms with Crippen LogP contribution in [0.25, 0.3) is 0 Å².